The Bertz CT molecular complexity index is 713. The van der Waals surface area contributed by atoms with E-state index in [-0.39, 0.29) is 5.82 Å². The van der Waals surface area contributed by atoms with Crippen molar-refractivity contribution < 1.29 is 4.39 Å². The number of hydrogen-bond donors (Lipinski definition) is 2. The first kappa shape index (κ1) is 14.3. The van der Waals surface area contributed by atoms with Gasteiger partial charge in [0.15, 0.2) is 0 Å². The molecule has 1 heterocycles. The molecule has 0 unspecified atom stereocenters. The molecule has 110 valence electrons. The highest BCUT2D eigenvalue weighted by Crippen LogP contribution is 2.39. The average molecular weight is 351 g/mol. The molecule has 1 aliphatic carbocycles. The van der Waals surface area contributed by atoms with Crippen LogP contribution in [0.25, 0.3) is 0 Å². The van der Waals surface area contributed by atoms with Gasteiger partial charge in [-0.25, -0.2) is 14.4 Å². The van der Waals surface area contributed by atoms with Gasteiger partial charge in [0.25, 0.3) is 0 Å². The van der Waals surface area contributed by atoms with Crippen LogP contribution in [0.1, 0.15) is 35.7 Å². The van der Waals surface area contributed by atoms with Gasteiger partial charge in [-0.2, -0.15) is 0 Å². The number of aryl methyl sites for hydroxylation is 1. The third-order valence-corrected chi connectivity index (χ3v) is 4.27. The van der Waals surface area contributed by atoms with Crippen molar-refractivity contribution in [3.63, 3.8) is 0 Å². The largest absolute Gasteiger partial charge is 0.383 e. The van der Waals surface area contributed by atoms with E-state index in [9.17, 15) is 4.39 Å². The average Bonchev–Trinajstić information content (AvgIpc) is 3.25. The Balaban J connectivity index is 1.99. The zero-order valence-corrected chi connectivity index (χ0v) is 13.5. The molecule has 3 rings (SSSR count). The highest BCUT2D eigenvalue weighted by Gasteiger charge is 2.28. The summed E-state index contributed by atoms with van der Waals surface area (Å²) in [5.74, 6) is 2.11. The SMILES string of the molecule is Cc1cc(F)c(Br)cc1Nc1nc(C2CC2)nc(N)c1C. The summed E-state index contributed by atoms with van der Waals surface area (Å²) in [7, 11) is 0. The Kier molecular flexibility index (Phi) is 3.57. The second-order valence-corrected chi connectivity index (χ2v) is 6.28. The van der Waals surface area contributed by atoms with E-state index >= 15 is 0 Å². The zero-order chi connectivity index (χ0) is 15.1. The van der Waals surface area contributed by atoms with Crippen LogP contribution in [-0.2, 0) is 0 Å². The minimum Gasteiger partial charge on any atom is -0.383 e. The van der Waals surface area contributed by atoms with Crippen molar-refractivity contribution in [2.75, 3.05) is 11.1 Å². The molecule has 1 saturated carbocycles. The summed E-state index contributed by atoms with van der Waals surface area (Å²) in [5.41, 5.74) is 8.38. The fourth-order valence-corrected chi connectivity index (χ4v) is 2.45. The van der Waals surface area contributed by atoms with Crippen LogP contribution in [0, 0.1) is 19.7 Å². The van der Waals surface area contributed by atoms with Gasteiger partial charge in [0, 0.05) is 17.2 Å². The minimum absolute atomic E-state index is 0.282. The summed E-state index contributed by atoms with van der Waals surface area (Å²) in [4.78, 5) is 8.92. The molecule has 2 aromatic rings. The predicted molar refractivity (Wildman–Crippen MR) is 85.3 cm³/mol. The Morgan fingerprint density at radius 3 is 2.67 bits per heavy atom. The first-order chi connectivity index (χ1) is 9.95. The fourth-order valence-electron chi connectivity index (χ4n) is 2.11. The molecule has 21 heavy (non-hydrogen) atoms. The topological polar surface area (TPSA) is 63.8 Å². The maximum Gasteiger partial charge on any atom is 0.139 e. The van der Waals surface area contributed by atoms with Crippen molar-refractivity contribution in [3.05, 3.63) is 39.4 Å². The van der Waals surface area contributed by atoms with Gasteiger partial charge in [0.1, 0.15) is 23.3 Å². The molecule has 0 bridgehead atoms. The highest BCUT2D eigenvalue weighted by atomic mass is 79.9. The number of aromatic nitrogens is 2. The van der Waals surface area contributed by atoms with Crippen molar-refractivity contribution in [1.82, 2.24) is 9.97 Å². The van der Waals surface area contributed by atoms with Gasteiger partial charge in [0.2, 0.25) is 0 Å². The normalized spacial score (nSPS) is 14.3. The number of nitrogens with zero attached hydrogens (tertiary/aromatic N) is 2. The molecule has 0 aliphatic heterocycles. The van der Waals surface area contributed by atoms with Crippen LogP contribution in [-0.4, -0.2) is 9.97 Å². The van der Waals surface area contributed by atoms with E-state index in [1.54, 1.807) is 6.07 Å². The number of benzene rings is 1. The van der Waals surface area contributed by atoms with Crippen molar-refractivity contribution >= 4 is 33.3 Å². The number of hydrogen-bond acceptors (Lipinski definition) is 4. The van der Waals surface area contributed by atoms with Crippen LogP contribution in [0.15, 0.2) is 16.6 Å². The molecule has 0 spiro atoms. The van der Waals surface area contributed by atoms with Gasteiger partial charge >= 0.3 is 0 Å². The molecular weight excluding hydrogens is 335 g/mol. The van der Waals surface area contributed by atoms with Crippen LogP contribution < -0.4 is 11.1 Å². The Hall–Kier alpha value is -1.69. The molecule has 0 saturated heterocycles. The van der Waals surface area contributed by atoms with Gasteiger partial charge in [0.05, 0.1) is 4.47 Å². The molecule has 1 aromatic heterocycles. The maximum atomic E-state index is 13.5. The molecule has 1 aliphatic rings. The predicted octanol–water partition coefficient (Wildman–Crippen LogP) is 4.20. The lowest BCUT2D eigenvalue weighted by molar-refractivity contribution is 0.620. The minimum atomic E-state index is -0.282. The third-order valence-electron chi connectivity index (χ3n) is 3.66. The first-order valence-electron chi connectivity index (χ1n) is 6.82. The Labute approximate surface area is 131 Å². The summed E-state index contributed by atoms with van der Waals surface area (Å²) < 4.78 is 13.9. The lowest BCUT2D eigenvalue weighted by Crippen LogP contribution is -2.07. The number of nitrogens with two attached hydrogens (primary N) is 1. The van der Waals surface area contributed by atoms with Crippen molar-refractivity contribution in [3.8, 4) is 0 Å². The second kappa shape index (κ2) is 5.26. The van der Waals surface area contributed by atoms with Crippen LogP contribution in [0.5, 0.6) is 0 Å². The summed E-state index contributed by atoms with van der Waals surface area (Å²) in [6, 6.07) is 3.19. The van der Waals surface area contributed by atoms with E-state index in [2.05, 4.69) is 31.2 Å². The standard InChI is InChI=1S/C15H16BrFN4/c1-7-5-11(17)10(16)6-12(7)19-14-8(2)13(18)20-15(21-14)9-3-4-9/h5-6,9H,3-4H2,1-2H3,(H3,18,19,20,21). The van der Waals surface area contributed by atoms with E-state index in [0.717, 1.165) is 35.5 Å². The number of halogens is 2. The molecule has 0 amide bonds. The van der Waals surface area contributed by atoms with Gasteiger partial charge in [-0.05, 0) is 60.3 Å². The zero-order valence-electron chi connectivity index (χ0n) is 11.9. The number of rotatable bonds is 3. The van der Waals surface area contributed by atoms with Crippen molar-refractivity contribution in [2.45, 2.75) is 32.6 Å². The third kappa shape index (κ3) is 2.85. The lowest BCUT2D eigenvalue weighted by Gasteiger charge is -2.14. The van der Waals surface area contributed by atoms with Crippen LogP contribution in [0.4, 0.5) is 21.7 Å². The summed E-state index contributed by atoms with van der Waals surface area (Å²) in [5, 5.41) is 3.24. The van der Waals surface area contributed by atoms with E-state index < -0.39 is 0 Å². The molecule has 0 radical (unpaired) electrons. The first-order valence-corrected chi connectivity index (χ1v) is 7.61. The van der Waals surface area contributed by atoms with Crippen LogP contribution in [0.3, 0.4) is 0 Å². The van der Waals surface area contributed by atoms with Gasteiger partial charge in [-0.3, -0.25) is 0 Å². The van der Waals surface area contributed by atoms with Crippen LogP contribution in [0.2, 0.25) is 0 Å². The smallest absolute Gasteiger partial charge is 0.139 e. The number of anilines is 3. The summed E-state index contributed by atoms with van der Waals surface area (Å²) in [6.45, 7) is 3.72. The molecule has 4 nitrogen and oxygen atoms in total. The van der Waals surface area contributed by atoms with Gasteiger partial charge in [-0.15, -0.1) is 0 Å². The molecular formula is C15H16BrFN4. The van der Waals surface area contributed by atoms with E-state index in [1.807, 2.05) is 13.8 Å². The summed E-state index contributed by atoms with van der Waals surface area (Å²) in [6.07, 6.45) is 2.23. The molecule has 6 heteroatoms. The van der Waals surface area contributed by atoms with E-state index in [0.29, 0.717) is 22.0 Å². The van der Waals surface area contributed by atoms with Crippen LogP contribution >= 0.6 is 15.9 Å². The van der Waals surface area contributed by atoms with E-state index in [1.165, 1.54) is 6.07 Å². The van der Waals surface area contributed by atoms with Crippen molar-refractivity contribution in [2.24, 2.45) is 0 Å². The van der Waals surface area contributed by atoms with Gasteiger partial charge < -0.3 is 11.1 Å². The van der Waals surface area contributed by atoms with E-state index in [4.69, 9.17) is 5.73 Å². The Morgan fingerprint density at radius 2 is 2.00 bits per heavy atom. The highest BCUT2D eigenvalue weighted by molar-refractivity contribution is 9.10. The molecule has 1 aromatic carbocycles. The molecule has 0 atom stereocenters. The number of nitrogens with one attached hydrogen (secondary N) is 1. The lowest BCUT2D eigenvalue weighted by atomic mass is 10.2. The number of nitrogen functional groups attached to an aromatic ring is 1. The Morgan fingerprint density at radius 1 is 1.29 bits per heavy atom. The molecule has 1 fully saturated rings. The monoisotopic (exact) mass is 350 g/mol. The second-order valence-electron chi connectivity index (χ2n) is 5.42. The van der Waals surface area contributed by atoms with Gasteiger partial charge in [-0.1, -0.05) is 0 Å². The molecule has 3 N–H and O–H groups in total. The maximum absolute atomic E-state index is 13.5. The van der Waals surface area contributed by atoms with Crippen molar-refractivity contribution in [1.29, 1.82) is 0 Å². The quantitative estimate of drug-likeness (QED) is 0.870. The summed E-state index contributed by atoms with van der Waals surface area (Å²) >= 11 is 3.20. The fraction of sp³-hybridized carbons (Fsp3) is 0.333.